The SMILES string of the molecule is C[C@@H](Sc1ncnc2sccc12)C(=O)N1c2ccccc2C[C@@H]1C. The topological polar surface area (TPSA) is 46.1 Å². The Balaban J connectivity index is 1.60. The summed E-state index contributed by atoms with van der Waals surface area (Å²) in [6.45, 7) is 4.07. The number of nitrogens with zero attached hydrogens (tertiary/aromatic N) is 3. The monoisotopic (exact) mass is 355 g/mol. The third kappa shape index (κ3) is 2.59. The van der Waals surface area contributed by atoms with E-state index < -0.39 is 0 Å². The molecule has 0 saturated carbocycles. The van der Waals surface area contributed by atoms with E-state index in [-0.39, 0.29) is 17.2 Å². The lowest BCUT2D eigenvalue weighted by molar-refractivity contribution is -0.118. The lowest BCUT2D eigenvalue weighted by atomic mass is 10.1. The van der Waals surface area contributed by atoms with Crippen LogP contribution in [-0.2, 0) is 11.2 Å². The number of aromatic nitrogens is 2. The predicted octanol–water partition coefficient (Wildman–Crippen LogP) is 4.15. The zero-order chi connectivity index (χ0) is 16.7. The van der Waals surface area contributed by atoms with Crippen molar-refractivity contribution in [2.45, 2.75) is 36.6 Å². The van der Waals surface area contributed by atoms with Gasteiger partial charge in [-0.3, -0.25) is 4.79 Å². The molecule has 1 amide bonds. The summed E-state index contributed by atoms with van der Waals surface area (Å²) in [5.74, 6) is 0.138. The lowest BCUT2D eigenvalue weighted by Gasteiger charge is -2.25. The van der Waals surface area contributed by atoms with Gasteiger partial charge in [0.15, 0.2) is 0 Å². The molecule has 3 aromatic rings. The predicted molar refractivity (Wildman–Crippen MR) is 99.8 cm³/mol. The van der Waals surface area contributed by atoms with Crippen LogP contribution in [0.1, 0.15) is 19.4 Å². The van der Waals surface area contributed by atoms with Gasteiger partial charge >= 0.3 is 0 Å². The highest BCUT2D eigenvalue weighted by Crippen LogP contribution is 2.36. The van der Waals surface area contributed by atoms with Crippen molar-refractivity contribution in [2.24, 2.45) is 0 Å². The van der Waals surface area contributed by atoms with Gasteiger partial charge in [0.25, 0.3) is 0 Å². The van der Waals surface area contributed by atoms with Crippen LogP contribution in [0.4, 0.5) is 5.69 Å². The maximum Gasteiger partial charge on any atom is 0.240 e. The normalized spacial score (nSPS) is 17.9. The molecule has 0 bridgehead atoms. The van der Waals surface area contributed by atoms with Crippen LogP contribution in [0.5, 0.6) is 0 Å². The van der Waals surface area contributed by atoms with Gasteiger partial charge in [0.2, 0.25) is 5.91 Å². The fourth-order valence-electron chi connectivity index (χ4n) is 3.18. The number of amides is 1. The minimum absolute atomic E-state index is 0.138. The van der Waals surface area contributed by atoms with Crippen LogP contribution in [0, 0.1) is 0 Å². The van der Waals surface area contributed by atoms with Crippen LogP contribution < -0.4 is 4.90 Å². The summed E-state index contributed by atoms with van der Waals surface area (Å²) < 4.78 is 0. The number of fused-ring (bicyclic) bond motifs is 2. The first-order valence-corrected chi connectivity index (χ1v) is 9.67. The second-order valence-corrected chi connectivity index (χ2v) is 8.19. The summed E-state index contributed by atoms with van der Waals surface area (Å²) in [5, 5.41) is 3.72. The Morgan fingerprint density at radius 1 is 1.33 bits per heavy atom. The highest BCUT2D eigenvalue weighted by Gasteiger charge is 2.33. The number of benzene rings is 1. The van der Waals surface area contributed by atoms with E-state index >= 15 is 0 Å². The van der Waals surface area contributed by atoms with Gasteiger partial charge in [-0.1, -0.05) is 30.0 Å². The zero-order valence-electron chi connectivity index (χ0n) is 13.5. The van der Waals surface area contributed by atoms with Gasteiger partial charge in [-0.15, -0.1) is 11.3 Å². The molecular formula is C18H17N3OS2. The molecular weight excluding hydrogens is 338 g/mol. The number of anilines is 1. The van der Waals surface area contributed by atoms with Crippen molar-refractivity contribution in [3.63, 3.8) is 0 Å². The zero-order valence-corrected chi connectivity index (χ0v) is 15.1. The van der Waals surface area contributed by atoms with Crippen molar-refractivity contribution in [3.8, 4) is 0 Å². The van der Waals surface area contributed by atoms with E-state index in [9.17, 15) is 4.79 Å². The Hall–Kier alpha value is -1.92. The molecule has 3 heterocycles. The van der Waals surface area contributed by atoms with Gasteiger partial charge in [0, 0.05) is 17.1 Å². The Morgan fingerprint density at radius 2 is 2.17 bits per heavy atom. The Morgan fingerprint density at radius 3 is 3.04 bits per heavy atom. The Kier molecular flexibility index (Phi) is 4.02. The Labute approximate surface area is 148 Å². The number of rotatable bonds is 3. The standard InChI is InChI=1S/C18H17N3OS2/c1-11-9-13-5-3-4-6-15(13)21(11)18(22)12(2)24-17-14-7-8-23-16(14)19-10-20-17/h3-8,10-12H,9H2,1-2H3/t11-,12+/m0/s1. The molecule has 0 saturated heterocycles. The summed E-state index contributed by atoms with van der Waals surface area (Å²) in [6, 6.07) is 10.4. The second-order valence-electron chi connectivity index (χ2n) is 5.97. The molecule has 0 aliphatic carbocycles. The summed E-state index contributed by atoms with van der Waals surface area (Å²) >= 11 is 3.11. The van der Waals surface area contributed by atoms with E-state index in [2.05, 4.69) is 23.0 Å². The number of carbonyl (C=O) groups excluding carboxylic acids is 1. The minimum atomic E-state index is -0.198. The van der Waals surface area contributed by atoms with Gasteiger partial charge in [-0.2, -0.15) is 0 Å². The molecule has 2 aromatic heterocycles. The second kappa shape index (κ2) is 6.18. The number of thioether (sulfide) groups is 1. The fourth-order valence-corrected chi connectivity index (χ4v) is 4.92. The van der Waals surface area contributed by atoms with E-state index in [1.54, 1.807) is 17.7 Å². The van der Waals surface area contributed by atoms with Gasteiger partial charge in [-0.05, 0) is 43.3 Å². The van der Waals surface area contributed by atoms with Crippen molar-refractivity contribution in [1.82, 2.24) is 9.97 Å². The first-order chi connectivity index (χ1) is 11.6. The largest absolute Gasteiger partial charge is 0.308 e. The fraction of sp³-hybridized carbons (Fsp3) is 0.278. The van der Waals surface area contributed by atoms with Crippen LogP contribution >= 0.6 is 23.1 Å². The molecule has 0 spiro atoms. The first-order valence-electron chi connectivity index (χ1n) is 7.91. The van der Waals surface area contributed by atoms with Crippen LogP contribution in [0.2, 0.25) is 0 Å². The molecule has 1 aliphatic heterocycles. The average Bonchev–Trinajstić information content (AvgIpc) is 3.18. The number of hydrogen-bond acceptors (Lipinski definition) is 5. The van der Waals surface area contributed by atoms with Crippen LogP contribution in [0.15, 0.2) is 47.1 Å². The van der Waals surface area contributed by atoms with Crippen molar-refractivity contribution in [1.29, 1.82) is 0 Å². The molecule has 2 atom stereocenters. The van der Waals surface area contributed by atoms with Crippen LogP contribution in [0.25, 0.3) is 10.2 Å². The molecule has 4 nitrogen and oxygen atoms in total. The molecule has 4 rings (SSSR count). The lowest BCUT2D eigenvalue weighted by Crippen LogP contribution is -2.40. The van der Waals surface area contributed by atoms with Gasteiger partial charge in [0.05, 0.1) is 5.25 Å². The summed E-state index contributed by atoms with van der Waals surface area (Å²) in [4.78, 5) is 24.6. The smallest absolute Gasteiger partial charge is 0.240 e. The summed E-state index contributed by atoms with van der Waals surface area (Å²) in [7, 11) is 0. The molecule has 0 fully saturated rings. The van der Waals surface area contributed by atoms with E-state index in [1.807, 2.05) is 41.5 Å². The minimum Gasteiger partial charge on any atom is -0.308 e. The Bertz CT molecular complexity index is 908. The number of carbonyl (C=O) groups is 1. The van der Waals surface area contributed by atoms with Gasteiger partial charge < -0.3 is 4.90 Å². The molecule has 24 heavy (non-hydrogen) atoms. The third-order valence-corrected chi connectivity index (χ3v) is 6.23. The molecule has 0 radical (unpaired) electrons. The number of thiophene rings is 1. The quantitative estimate of drug-likeness (QED) is 0.523. The molecule has 0 N–H and O–H groups in total. The van der Waals surface area contributed by atoms with Crippen molar-refractivity contribution < 1.29 is 4.79 Å². The molecule has 122 valence electrons. The maximum absolute atomic E-state index is 13.1. The molecule has 6 heteroatoms. The highest BCUT2D eigenvalue weighted by atomic mass is 32.2. The average molecular weight is 355 g/mol. The third-order valence-electron chi connectivity index (χ3n) is 4.31. The molecule has 1 aromatic carbocycles. The van der Waals surface area contributed by atoms with E-state index in [0.29, 0.717) is 0 Å². The van der Waals surface area contributed by atoms with Crippen LogP contribution in [-0.4, -0.2) is 27.2 Å². The summed E-state index contributed by atoms with van der Waals surface area (Å²) in [5.41, 5.74) is 2.30. The summed E-state index contributed by atoms with van der Waals surface area (Å²) in [6.07, 6.45) is 2.49. The van der Waals surface area contributed by atoms with Crippen molar-refractivity contribution in [3.05, 3.63) is 47.6 Å². The molecule has 0 unspecified atom stereocenters. The highest BCUT2D eigenvalue weighted by molar-refractivity contribution is 8.00. The van der Waals surface area contributed by atoms with Crippen LogP contribution in [0.3, 0.4) is 0 Å². The van der Waals surface area contributed by atoms with E-state index in [0.717, 1.165) is 27.4 Å². The number of para-hydroxylation sites is 1. The van der Waals surface area contributed by atoms with Crippen molar-refractivity contribution >= 4 is 44.9 Å². The van der Waals surface area contributed by atoms with Gasteiger partial charge in [0.1, 0.15) is 16.2 Å². The van der Waals surface area contributed by atoms with E-state index in [1.165, 1.54) is 17.3 Å². The molecule has 1 aliphatic rings. The van der Waals surface area contributed by atoms with E-state index in [4.69, 9.17) is 0 Å². The van der Waals surface area contributed by atoms with Crippen molar-refractivity contribution in [2.75, 3.05) is 4.90 Å². The first kappa shape index (κ1) is 15.6. The number of hydrogen-bond donors (Lipinski definition) is 0. The maximum atomic E-state index is 13.1. The van der Waals surface area contributed by atoms with Gasteiger partial charge in [-0.25, -0.2) is 9.97 Å².